The molecule has 0 saturated heterocycles. The van der Waals surface area contributed by atoms with E-state index in [-0.39, 0.29) is 6.10 Å². The summed E-state index contributed by atoms with van der Waals surface area (Å²) in [5, 5.41) is 12.8. The third-order valence-corrected chi connectivity index (χ3v) is 2.14. The van der Waals surface area contributed by atoms with E-state index in [9.17, 15) is 5.11 Å². The van der Waals surface area contributed by atoms with Gasteiger partial charge in [-0.15, -0.1) is 0 Å². The lowest BCUT2D eigenvalue weighted by Gasteiger charge is -2.08. The molecule has 0 spiro atoms. The Morgan fingerprint density at radius 2 is 2.50 bits per heavy atom. The van der Waals surface area contributed by atoms with E-state index in [2.05, 4.69) is 10.3 Å². The number of aliphatic hydroxyl groups excluding tert-OH is 1. The zero-order valence-corrected chi connectivity index (χ0v) is 6.83. The van der Waals surface area contributed by atoms with Crippen molar-refractivity contribution in [2.24, 2.45) is 0 Å². The Labute approximate surface area is 71.4 Å². The molecular formula is C9H12N2O. The van der Waals surface area contributed by atoms with E-state index in [0.29, 0.717) is 0 Å². The molecule has 0 aliphatic carbocycles. The number of anilines is 1. The summed E-state index contributed by atoms with van der Waals surface area (Å²) in [6, 6.07) is 3.78. The molecular weight excluding hydrogens is 152 g/mol. The van der Waals surface area contributed by atoms with Gasteiger partial charge in [0.25, 0.3) is 0 Å². The molecule has 12 heavy (non-hydrogen) atoms. The summed E-state index contributed by atoms with van der Waals surface area (Å²) in [5.74, 6) is 0.836. The summed E-state index contributed by atoms with van der Waals surface area (Å²) in [6.07, 6.45) is 3.22. The first-order valence-corrected chi connectivity index (χ1v) is 4.25. The van der Waals surface area contributed by atoms with Crippen molar-refractivity contribution in [1.29, 1.82) is 0 Å². The van der Waals surface area contributed by atoms with E-state index in [1.54, 1.807) is 6.20 Å². The van der Waals surface area contributed by atoms with Crippen LogP contribution >= 0.6 is 0 Å². The van der Waals surface area contributed by atoms with Crippen LogP contribution in [0.5, 0.6) is 0 Å². The van der Waals surface area contributed by atoms with Crippen LogP contribution in [0.4, 0.5) is 5.82 Å². The molecule has 1 aliphatic rings. The van der Waals surface area contributed by atoms with Gasteiger partial charge in [-0.25, -0.2) is 4.98 Å². The number of fused-ring (bicyclic) bond motifs is 1. The first-order valence-electron chi connectivity index (χ1n) is 4.25. The molecule has 3 heteroatoms. The molecule has 1 aromatic rings. The molecule has 0 bridgehead atoms. The smallest absolute Gasteiger partial charge is 0.131 e. The summed E-state index contributed by atoms with van der Waals surface area (Å²) in [4.78, 5) is 4.16. The van der Waals surface area contributed by atoms with Crippen LogP contribution in [-0.2, 0) is 0 Å². The molecule has 2 N–H and O–H groups in total. The minimum atomic E-state index is -0.344. The van der Waals surface area contributed by atoms with Crippen LogP contribution in [0.2, 0.25) is 0 Å². The highest BCUT2D eigenvalue weighted by Gasteiger charge is 2.15. The number of nitrogens with one attached hydrogen (secondary N) is 1. The minimum absolute atomic E-state index is 0.344. The van der Waals surface area contributed by atoms with Gasteiger partial charge in [-0.3, -0.25) is 0 Å². The molecule has 0 amide bonds. The summed E-state index contributed by atoms with van der Waals surface area (Å²) in [5.41, 5.74) is 0.926. The van der Waals surface area contributed by atoms with Gasteiger partial charge in [0.05, 0.1) is 6.10 Å². The van der Waals surface area contributed by atoms with Gasteiger partial charge in [-0.1, -0.05) is 6.07 Å². The van der Waals surface area contributed by atoms with Crippen LogP contribution in [0.15, 0.2) is 18.3 Å². The Morgan fingerprint density at radius 3 is 3.42 bits per heavy atom. The first kappa shape index (κ1) is 7.55. The van der Waals surface area contributed by atoms with Gasteiger partial charge in [-0.05, 0) is 18.9 Å². The van der Waals surface area contributed by atoms with E-state index < -0.39 is 0 Å². The van der Waals surface area contributed by atoms with Crippen molar-refractivity contribution < 1.29 is 5.11 Å². The van der Waals surface area contributed by atoms with Gasteiger partial charge in [0.15, 0.2) is 0 Å². The van der Waals surface area contributed by atoms with E-state index in [1.165, 1.54) is 0 Å². The van der Waals surface area contributed by atoms with E-state index in [4.69, 9.17) is 0 Å². The minimum Gasteiger partial charge on any atom is -0.388 e. The lowest BCUT2D eigenvalue weighted by molar-refractivity contribution is 0.168. The molecule has 1 aliphatic heterocycles. The predicted octanol–water partition coefficient (Wildman–Crippen LogP) is 1.32. The highest BCUT2D eigenvalue weighted by atomic mass is 16.3. The average molecular weight is 164 g/mol. The molecule has 0 aromatic carbocycles. The highest BCUT2D eigenvalue weighted by molar-refractivity contribution is 5.45. The normalized spacial score (nSPS) is 22.2. The second-order valence-corrected chi connectivity index (χ2v) is 3.03. The zero-order valence-electron chi connectivity index (χ0n) is 6.83. The third kappa shape index (κ3) is 1.28. The molecule has 1 aromatic heterocycles. The van der Waals surface area contributed by atoms with E-state index >= 15 is 0 Å². The van der Waals surface area contributed by atoms with Gasteiger partial charge in [0, 0.05) is 18.3 Å². The number of aliphatic hydroxyl groups is 1. The molecule has 0 radical (unpaired) electrons. The van der Waals surface area contributed by atoms with Gasteiger partial charge < -0.3 is 10.4 Å². The average Bonchev–Trinajstić information content (AvgIpc) is 2.29. The Balaban J connectivity index is 2.39. The lowest BCUT2D eigenvalue weighted by Crippen LogP contribution is -2.01. The second kappa shape index (κ2) is 3.11. The Bertz CT molecular complexity index is 275. The SMILES string of the molecule is OC1CCCNc2ncccc21. The fraction of sp³-hybridized carbons (Fsp3) is 0.444. The van der Waals surface area contributed by atoms with E-state index in [1.807, 2.05) is 12.1 Å². The predicted molar refractivity (Wildman–Crippen MR) is 46.9 cm³/mol. The Morgan fingerprint density at radius 1 is 1.58 bits per heavy atom. The van der Waals surface area contributed by atoms with Crippen LogP contribution in [0, 0.1) is 0 Å². The largest absolute Gasteiger partial charge is 0.388 e. The topological polar surface area (TPSA) is 45.1 Å². The van der Waals surface area contributed by atoms with Crippen molar-refractivity contribution in [3.05, 3.63) is 23.9 Å². The van der Waals surface area contributed by atoms with Gasteiger partial charge >= 0.3 is 0 Å². The highest BCUT2D eigenvalue weighted by Crippen LogP contribution is 2.26. The maximum absolute atomic E-state index is 9.66. The van der Waals surface area contributed by atoms with Crippen LogP contribution in [0.3, 0.4) is 0 Å². The van der Waals surface area contributed by atoms with Crippen LogP contribution in [-0.4, -0.2) is 16.6 Å². The molecule has 0 saturated carbocycles. The monoisotopic (exact) mass is 164 g/mol. The van der Waals surface area contributed by atoms with E-state index in [0.717, 1.165) is 30.8 Å². The van der Waals surface area contributed by atoms with Gasteiger partial charge in [0.1, 0.15) is 5.82 Å². The fourth-order valence-electron chi connectivity index (χ4n) is 1.49. The third-order valence-electron chi connectivity index (χ3n) is 2.14. The number of pyridine rings is 1. The fourth-order valence-corrected chi connectivity index (χ4v) is 1.49. The van der Waals surface area contributed by atoms with Crippen LogP contribution in [0.1, 0.15) is 24.5 Å². The zero-order chi connectivity index (χ0) is 8.39. The summed E-state index contributed by atoms with van der Waals surface area (Å²) >= 11 is 0. The summed E-state index contributed by atoms with van der Waals surface area (Å²) in [7, 11) is 0. The molecule has 2 rings (SSSR count). The lowest BCUT2D eigenvalue weighted by atomic mass is 10.1. The number of hydrogen-bond acceptors (Lipinski definition) is 3. The van der Waals surface area contributed by atoms with Crippen LogP contribution in [0.25, 0.3) is 0 Å². The molecule has 3 nitrogen and oxygen atoms in total. The number of nitrogens with zero attached hydrogens (tertiary/aromatic N) is 1. The summed E-state index contributed by atoms with van der Waals surface area (Å²) in [6.45, 7) is 0.904. The van der Waals surface area contributed by atoms with Crippen molar-refractivity contribution in [3.63, 3.8) is 0 Å². The molecule has 2 heterocycles. The quantitative estimate of drug-likeness (QED) is 0.608. The number of rotatable bonds is 0. The molecule has 1 atom stereocenters. The maximum atomic E-state index is 9.66. The van der Waals surface area contributed by atoms with Crippen molar-refractivity contribution in [1.82, 2.24) is 4.98 Å². The molecule has 0 fully saturated rings. The van der Waals surface area contributed by atoms with Crippen molar-refractivity contribution >= 4 is 5.82 Å². The van der Waals surface area contributed by atoms with Crippen molar-refractivity contribution in [3.8, 4) is 0 Å². The second-order valence-electron chi connectivity index (χ2n) is 3.03. The first-order chi connectivity index (χ1) is 5.88. The van der Waals surface area contributed by atoms with Gasteiger partial charge in [0.2, 0.25) is 0 Å². The maximum Gasteiger partial charge on any atom is 0.131 e. The van der Waals surface area contributed by atoms with Crippen LogP contribution < -0.4 is 5.32 Å². The Kier molecular flexibility index (Phi) is 1.96. The number of aromatic nitrogens is 1. The van der Waals surface area contributed by atoms with Crippen molar-refractivity contribution in [2.45, 2.75) is 18.9 Å². The summed E-state index contributed by atoms with van der Waals surface area (Å²) < 4.78 is 0. The van der Waals surface area contributed by atoms with Gasteiger partial charge in [-0.2, -0.15) is 0 Å². The molecule has 64 valence electrons. The molecule has 1 unspecified atom stereocenters. The Hall–Kier alpha value is -1.09. The standard InChI is InChI=1S/C9H12N2O/c12-8-4-2-6-11-9-7(8)3-1-5-10-9/h1,3,5,8,12H,2,4,6H2,(H,10,11). The van der Waals surface area contributed by atoms with Crippen molar-refractivity contribution in [2.75, 3.05) is 11.9 Å². The number of hydrogen-bond donors (Lipinski definition) is 2.